The molecule has 2 atom stereocenters. The molecule has 1 aromatic heterocycles. The first-order valence-corrected chi connectivity index (χ1v) is 7.00. The van der Waals surface area contributed by atoms with E-state index in [1.807, 2.05) is 0 Å². The summed E-state index contributed by atoms with van der Waals surface area (Å²) in [6.45, 7) is 1.15. The number of halogens is 4. The van der Waals surface area contributed by atoms with Crippen molar-refractivity contribution in [2.45, 2.75) is 19.0 Å². The van der Waals surface area contributed by atoms with Crippen molar-refractivity contribution in [2.75, 3.05) is 18.4 Å². The Morgan fingerprint density at radius 1 is 1.43 bits per heavy atom. The Morgan fingerprint density at radius 3 is 2.76 bits per heavy atom. The normalized spacial score (nSPS) is 24.7. The van der Waals surface area contributed by atoms with Gasteiger partial charge in [-0.1, -0.05) is 11.6 Å². The predicted octanol–water partition coefficient (Wildman–Crippen LogP) is 2.97. The molecule has 2 amide bonds. The highest BCUT2D eigenvalue weighted by Gasteiger charge is 2.44. The van der Waals surface area contributed by atoms with E-state index in [9.17, 15) is 18.0 Å². The molecule has 9 heteroatoms. The number of likely N-dealkylation sites (tertiary alicyclic amines) is 1. The molecule has 1 saturated carbocycles. The fourth-order valence-corrected chi connectivity index (χ4v) is 3.13. The number of aromatic nitrogens is 2. The zero-order chi connectivity index (χ0) is 15.4. The Balaban J connectivity index is 1.79. The maximum atomic E-state index is 13.0. The lowest BCUT2D eigenvalue weighted by molar-refractivity contribution is -0.143. The zero-order valence-electron chi connectivity index (χ0n) is 11.2. The van der Waals surface area contributed by atoms with Crippen molar-refractivity contribution in [3.05, 3.63) is 10.8 Å². The van der Waals surface area contributed by atoms with Crippen molar-refractivity contribution in [2.24, 2.45) is 18.9 Å². The fraction of sp³-hybridized carbons (Fsp3) is 0.667. The van der Waals surface area contributed by atoms with Crippen molar-refractivity contribution >= 4 is 23.3 Å². The number of amides is 2. The van der Waals surface area contributed by atoms with Gasteiger partial charge in [0.1, 0.15) is 5.69 Å². The standard InChI is InChI=1S/C12H14ClF3N4O/c1-19-9(12(14,15)16)8(10(13)18-19)17-11(21)20-3-2-6-4-7(6)5-20/h6-7H,2-5H2,1H3,(H,17,21). The summed E-state index contributed by atoms with van der Waals surface area (Å²) in [7, 11) is 1.14. The number of piperidine rings is 1. The second kappa shape index (κ2) is 4.79. The average molecular weight is 323 g/mol. The van der Waals surface area contributed by atoms with E-state index in [1.165, 1.54) is 4.90 Å². The Labute approximate surface area is 124 Å². The molecule has 0 bridgehead atoms. The first-order valence-electron chi connectivity index (χ1n) is 6.63. The molecule has 0 radical (unpaired) electrons. The van der Waals surface area contributed by atoms with E-state index < -0.39 is 23.6 Å². The number of nitrogens with zero attached hydrogens (tertiary/aromatic N) is 3. The van der Waals surface area contributed by atoms with Crippen molar-refractivity contribution in [3.8, 4) is 0 Å². The van der Waals surface area contributed by atoms with Crippen LogP contribution in [0.25, 0.3) is 0 Å². The number of urea groups is 1. The monoisotopic (exact) mass is 322 g/mol. The molecule has 21 heavy (non-hydrogen) atoms. The van der Waals surface area contributed by atoms with Crippen molar-refractivity contribution in [3.63, 3.8) is 0 Å². The minimum Gasteiger partial charge on any atom is -0.324 e. The van der Waals surface area contributed by atoms with Gasteiger partial charge in [-0.05, 0) is 24.7 Å². The number of aryl methyl sites for hydroxylation is 1. The minimum absolute atomic E-state index is 0.362. The van der Waals surface area contributed by atoms with Crippen molar-refractivity contribution in [1.82, 2.24) is 14.7 Å². The summed E-state index contributed by atoms with van der Waals surface area (Å²) in [5, 5.41) is 5.43. The molecule has 116 valence electrons. The average Bonchev–Trinajstić information content (AvgIpc) is 3.08. The van der Waals surface area contributed by atoms with Crippen LogP contribution in [-0.4, -0.2) is 33.8 Å². The summed E-state index contributed by atoms with van der Waals surface area (Å²) >= 11 is 5.71. The Kier molecular flexibility index (Phi) is 3.31. The van der Waals surface area contributed by atoms with Gasteiger partial charge in [-0.2, -0.15) is 18.3 Å². The highest BCUT2D eigenvalue weighted by Crippen LogP contribution is 2.45. The summed E-state index contributed by atoms with van der Waals surface area (Å²) in [4.78, 5) is 13.7. The van der Waals surface area contributed by atoms with Gasteiger partial charge in [-0.3, -0.25) is 4.68 Å². The van der Waals surface area contributed by atoms with Crippen LogP contribution in [0.4, 0.5) is 23.7 Å². The van der Waals surface area contributed by atoms with Gasteiger partial charge < -0.3 is 10.2 Å². The number of carbonyl (C=O) groups excluding carboxylic acids is 1. The number of hydrogen-bond donors (Lipinski definition) is 1. The van der Waals surface area contributed by atoms with E-state index in [1.54, 1.807) is 0 Å². The number of rotatable bonds is 1. The number of anilines is 1. The molecule has 3 rings (SSSR count). The van der Waals surface area contributed by atoms with Crippen LogP contribution in [0.5, 0.6) is 0 Å². The molecule has 1 aromatic rings. The first kappa shape index (κ1) is 14.5. The minimum atomic E-state index is -4.64. The van der Waals surface area contributed by atoms with Gasteiger partial charge in [0.15, 0.2) is 10.8 Å². The number of hydrogen-bond acceptors (Lipinski definition) is 2. The van der Waals surface area contributed by atoms with Crippen LogP contribution in [-0.2, 0) is 13.2 Å². The van der Waals surface area contributed by atoms with Crippen LogP contribution < -0.4 is 5.32 Å². The molecular formula is C12H14ClF3N4O. The number of alkyl halides is 3. The van der Waals surface area contributed by atoms with Gasteiger partial charge in [0.05, 0.1) is 0 Å². The van der Waals surface area contributed by atoms with Crippen LogP contribution in [0.15, 0.2) is 0 Å². The lowest BCUT2D eigenvalue weighted by Crippen LogP contribution is -2.40. The number of carbonyl (C=O) groups is 1. The predicted molar refractivity (Wildman–Crippen MR) is 70.0 cm³/mol. The maximum absolute atomic E-state index is 13.0. The topological polar surface area (TPSA) is 50.2 Å². The molecule has 2 unspecified atom stereocenters. The van der Waals surface area contributed by atoms with Crippen LogP contribution in [0, 0.1) is 11.8 Å². The van der Waals surface area contributed by atoms with Crippen molar-refractivity contribution < 1.29 is 18.0 Å². The van der Waals surface area contributed by atoms with E-state index in [0.717, 1.165) is 19.9 Å². The van der Waals surface area contributed by atoms with Gasteiger partial charge in [0.25, 0.3) is 0 Å². The summed E-state index contributed by atoms with van der Waals surface area (Å²) < 4.78 is 39.6. The van der Waals surface area contributed by atoms with Crippen LogP contribution in [0.3, 0.4) is 0 Å². The Hall–Kier alpha value is -1.44. The molecule has 1 aliphatic heterocycles. The fourth-order valence-electron chi connectivity index (χ4n) is 2.88. The first-order chi connectivity index (χ1) is 9.77. The largest absolute Gasteiger partial charge is 0.435 e. The second-order valence-electron chi connectivity index (χ2n) is 5.56. The maximum Gasteiger partial charge on any atom is 0.435 e. The molecule has 0 aromatic carbocycles. The van der Waals surface area contributed by atoms with Crippen LogP contribution >= 0.6 is 11.6 Å². The summed E-state index contributed by atoms with van der Waals surface area (Å²) in [5.74, 6) is 1.18. The van der Waals surface area contributed by atoms with Gasteiger partial charge in [-0.25, -0.2) is 4.79 Å². The summed E-state index contributed by atoms with van der Waals surface area (Å²) in [6.07, 6.45) is -2.63. The highest BCUT2D eigenvalue weighted by atomic mass is 35.5. The van der Waals surface area contributed by atoms with E-state index in [2.05, 4.69) is 10.4 Å². The summed E-state index contributed by atoms with van der Waals surface area (Å²) in [5.41, 5.74) is -1.53. The molecule has 1 saturated heterocycles. The third-order valence-corrected chi connectivity index (χ3v) is 4.35. The van der Waals surface area contributed by atoms with Crippen molar-refractivity contribution in [1.29, 1.82) is 0 Å². The van der Waals surface area contributed by atoms with Gasteiger partial charge in [0.2, 0.25) is 0 Å². The van der Waals surface area contributed by atoms with Crippen LogP contribution in [0.1, 0.15) is 18.5 Å². The molecule has 2 aliphatic rings. The molecular weight excluding hydrogens is 309 g/mol. The smallest absolute Gasteiger partial charge is 0.324 e. The molecule has 2 fully saturated rings. The van der Waals surface area contributed by atoms with Gasteiger partial charge in [-0.15, -0.1) is 0 Å². The SMILES string of the molecule is Cn1nc(Cl)c(NC(=O)N2CCC3CC3C2)c1C(F)(F)F. The Morgan fingerprint density at radius 2 is 2.14 bits per heavy atom. The summed E-state index contributed by atoms with van der Waals surface area (Å²) in [6, 6.07) is -0.555. The number of fused-ring (bicyclic) bond motifs is 1. The third kappa shape index (κ3) is 2.68. The van der Waals surface area contributed by atoms with E-state index in [-0.39, 0.29) is 5.15 Å². The van der Waals surface area contributed by atoms with E-state index >= 15 is 0 Å². The van der Waals surface area contributed by atoms with E-state index in [4.69, 9.17) is 11.6 Å². The van der Waals surface area contributed by atoms with Crippen LogP contribution in [0.2, 0.25) is 5.15 Å². The molecule has 0 spiro atoms. The molecule has 1 N–H and O–H groups in total. The Bertz CT molecular complexity index is 586. The van der Waals surface area contributed by atoms with Gasteiger partial charge in [0, 0.05) is 20.1 Å². The highest BCUT2D eigenvalue weighted by molar-refractivity contribution is 6.32. The molecule has 2 heterocycles. The second-order valence-corrected chi connectivity index (χ2v) is 5.91. The molecule has 5 nitrogen and oxygen atoms in total. The lowest BCUT2D eigenvalue weighted by Gasteiger charge is -2.26. The zero-order valence-corrected chi connectivity index (χ0v) is 12.0. The molecule has 1 aliphatic carbocycles. The quantitative estimate of drug-likeness (QED) is 0.864. The lowest BCUT2D eigenvalue weighted by atomic mass is 10.1. The third-order valence-electron chi connectivity index (χ3n) is 4.09. The van der Waals surface area contributed by atoms with E-state index in [0.29, 0.717) is 29.6 Å². The van der Waals surface area contributed by atoms with Gasteiger partial charge >= 0.3 is 12.2 Å². The number of nitrogens with one attached hydrogen (secondary N) is 1.